The molecule has 0 aliphatic carbocycles. The van der Waals surface area contributed by atoms with Crippen molar-refractivity contribution in [3.05, 3.63) is 46.8 Å². The molecule has 0 atom stereocenters. The van der Waals surface area contributed by atoms with Crippen LogP contribution in [0.25, 0.3) is 21.4 Å². The minimum absolute atomic E-state index is 0.599. The summed E-state index contributed by atoms with van der Waals surface area (Å²) in [6.45, 7) is 4.97. The van der Waals surface area contributed by atoms with Gasteiger partial charge in [-0.3, -0.25) is 0 Å². The maximum Gasteiger partial charge on any atom is 0.181 e. The first-order valence-corrected chi connectivity index (χ1v) is 9.33. The van der Waals surface area contributed by atoms with E-state index in [1.54, 1.807) is 6.20 Å². The Morgan fingerprint density at radius 3 is 2.75 bits per heavy atom. The summed E-state index contributed by atoms with van der Waals surface area (Å²) in [6.07, 6.45) is 4.85. The molecular weight excluding hydrogens is 386 g/mol. The molecule has 0 amide bonds. The Balaban J connectivity index is 0.000000526. The fourth-order valence-corrected chi connectivity index (χ4v) is 3.44. The first-order valence-electron chi connectivity index (χ1n) is 7.72. The van der Waals surface area contributed by atoms with E-state index in [9.17, 15) is 0 Å². The monoisotopic (exact) mass is 403 g/mol. The van der Waals surface area contributed by atoms with Crippen molar-refractivity contribution >= 4 is 53.8 Å². The summed E-state index contributed by atoms with van der Waals surface area (Å²) in [5.74, 6) is 0. The van der Waals surface area contributed by atoms with Gasteiger partial charge in [0.05, 0.1) is 23.1 Å². The van der Waals surface area contributed by atoms with Gasteiger partial charge in [0, 0.05) is 10.7 Å². The molecule has 0 bridgehead atoms. The van der Waals surface area contributed by atoms with Gasteiger partial charge in [-0.1, -0.05) is 37.7 Å². The number of nitrogens with two attached hydrogens (primary N) is 1. The van der Waals surface area contributed by atoms with E-state index >= 15 is 0 Å². The first kappa shape index (κ1) is 16.9. The number of benzene rings is 1. The second kappa shape index (κ2) is 7.27. The van der Waals surface area contributed by atoms with Crippen molar-refractivity contribution in [1.82, 2.24) is 19.5 Å². The van der Waals surface area contributed by atoms with E-state index in [0.717, 1.165) is 32.4 Å². The van der Waals surface area contributed by atoms with Gasteiger partial charge in [0.15, 0.2) is 10.8 Å². The highest BCUT2D eigenvalue weighted by atomic mass is 79.9. The molecule has 24 heavy (non-hydrogen) atoms. The van der Waals surface area contributed by atoms with Crippen LogP contribution in [0.4, 0.5) is 5.13 Å². The predicted octanol–water partition coefficient (Wildman–Crippen LogP) is 4.85. The third kappa shape index (κ3) is 3.57. The van der Waals surface area contributed by atoms with Crippen molar-refractivity contribution in [3.8, 4) is 0 Å². The maximum atomic E-state index is 5.74. The average Bonchev–Trinajstić information content (AvgIpc) is 3.10. The van der Waals surface area contributed by atoms with Crippen LogP contribution in [0, 0.1) is 0 Å². The summed E-state index contributed by atoms with van der Waals surface area (Å²) in [5, 5.41) is 0.599. The van der Waals surface area contributed by atoms with Crippen molar-refractivity contribution in [2.45, 2.75) is 26.8 Å². The van der Waals surface area contributed by atoms with Crippen LogP contribution < -0.4 is 5.73 Å². The van der Waals surface area contributed by atoms with Crippen LogP contribution in [-0.4, -0.2) is 19.5 Å². The molecule has 0 spiro atoms. The lowest BCUT2D eigenvalue weighted by molar-refractivity contribution is 0.815. The highest BCUT2D eigenvalue weighted by Gasteiger charge is 2.07. The smallest absolute Gasteiger partial charge is 0.181 e. The van der Waals surface area contributed by atoms with E-state index in [4.69, 9.17) is 5.73 Å². The number of thiazole rings is 1. The molecule has 0 radical (unpaired) electrons. The lowest BCUT2D eigenvalue weighted by atomic mass is 10.2. The molecule has 0 fully saturated rings. The molecule has 4 rings (SSSR count). The van der Waals surface area contributed by atoms with Gasteiger partial charge < -0.3 is 10.3 Å². The van der Waals surface area contributed by atoms with Crippen LogP contribution in [-0.2, 0) is 6.54 Å². The van der Waals surface area contributed by atoms with Crippen LogP contribution in [0.1, 0.15) is 25.8 Å². The molecule has 2 N–H and O–H groups in total. The third-order valence-electron chi connectivity index (χ3n) is 3.24. The van der Waals surface area contributed by atoms with Gasteiger partial charge in [-0.2, -0.15) is 0 Å². The van der Waals surface area contributed by atoms with E-state index in [0.29, 0.717) is 5.13 Å². The lowest BCUT2D eigenvalue weighted by Crippen LogP contribution is -1.98. The zero-order valence-electron chi connectivity index (χ0n) is 13.5. The van der Waals surface area contributed by atoms with Gasteiger partial charge in [0.25, 0.3) is 0 Å². The van der Waals surface area contributed by atoms with Crippen LogP contribution in [0.15, 0.2) is 41.3 Å². The zero-order chi connectivity index (χ0) is 17.1. The highest BCUT2D eigenvalue weighted by molar-refractivity contribution is 9.10. The molecule has 5 nitrogen and oxygen atoms in total. The van der Waals surface area contributed by atoms with Crippen molar-refractivity contribution in [2.24, 2.45) is 0 Å². The molecule has 3 aromatic heterocycles. The minimum atomic E-state index is 0.599. The lowest BCUT2D eigenvalue weighted by Gasteiger charge is -2.04. The van der Waals surface area contributed by atoms with Crippen molar-refractivity contribution in [3.63, 3.8) is 0 Å². The number of anilines is 1. The van der Waals surface area contributed by atoms with Gasteiger partial charge in [-0.05, 0) is 39.7 Å². The standard InChI is InChI=1S/C14H10BrN5S.C3H8/c15-9-4-11-13(17-5-9)20(7-18-11)6-8-1-2-10-12(3-8)21-14(16)19-10;1-3-2/h1-5,7H,6H2,(H2,16,19);3H2,1-2H3. The summed E-state index contributed by atoms with van der Waals surface area (Å²) >= 11 is 4.91. The molecular formula is C17H18BrN5S. The molecule has 0 aliphatic heterocycles. The number of aromatic nitrogens is 4. The highest BCUT2D eigenvalue weighted by Crippen LogP contribution is 2.25. The van der Waals surface area contributed by atoms with E-state index in [1.165, 1.54) is 23.3 Å². The first-order chi connectivity index (χ1) is 11.6. The third-order valence-corrected chi connectivity index (χ3v) is 4.53. The number of fused-ring (bicyclic) bond motifs is 2. The molecule has 7 heteroatoms. The van der Waals surface area contributed by atoms with E-state index < -0.39 is 0 Å². The molecule has 4 aromatic rings. The Kier molecular flexibility index (Phi) is 5.11. The van der Waals surface area contributed by atoms with Crippen molar-refractivity contribution < 1.29 is 0 Å². The van der Waals surface area contributed by atoms with Crippen LogP contribution in [0.5, 0.6) is 0 Å². The fraction of sp³-hybridized carbons (Fsp3) is 0.235. The van der Waals surface area contributed by atoms with E-state index in [-0.39, 0.29) is 0 Å². The molecule has 0 unspecified atom stereocenters. The number of imidazole rings is 1. The van der Waals surface area contributed by atoms with Crippen LogP contribution >= 0.6 is 27.3 Å². The molecule has 0 saturated heterocycles. The molecule has 1 aromatic carbocycles. The van der Waals surface area contributed by atoms with Gasteiger partial charge in [0.2, 0.25) is 0 Å². The number of rotatable bonds is 2. The molecule has 0 aliphatic rings. The summed E-state index contributed by atoms with van der Waals surface area (Å²) < 4.78 is 4.07. The zero-order valence-corrected chi connectivity index (χ0v) is 15.9. The maximum absolute atomic E-state index is 5.74. The van der Waals surface area contributed by atoms with Crippen LogP contribution in [0.2, 0.25) is 0 Å². The quantitative estimate of drug-likeness (QED) is 0.519. The van der Waals surface area contributed by atoms with Gasteiger partial charge in [-0.25, -0.2) is 15.0 Å². The second-order valence-corrected chi connectivity index (χ2v) is 7.41. The van der Waals surface area contributed by atoms with Gasteiger partial charge in [0.1, 0.15) is 5.52 Å². The van der Waals surface area contributed by atoms with Gasteiger partial charge in [-0.15, -0.1) is 0 Å². The van der Waals surface area contributed by atoms with Gasteiger partial charge >= 0.3 is 0 Å². The Morgan fingerprint density at radius 2 is 1.96 bits per heavy atom. The number of halogens is 1. The number of hydrogen-bond donors (Lipinski definition) is 1. The number of hydrogen-bond acceptors (Lipinski definition) is 5. The van der Waals surface area contributed by atoms with E-state index in [1.807, 2.05) is 23.0 Å². The van der Waals surface area contributed by atoms with Crippen molar-refractivity contribution in [2.75, 3.05) is 5.73 Å². The average molecular weight is 404 g/mol. The van der Waals surface area contributed by atoms with Crippen LogP contribution in [0.3, 0.4) is 0 Å². The summed E-state index contributed by atoms with van der Waals surface area (Å²) in [4.78, 5) is 13.1. The Bertz CT molecular complexity index is 976. The Morgan fingerprint density at radius 1 is 1.17 bits per heavy atom. The Labute approximate surface area is 152 Å². The summed E-state index contributed by atoms with van der Waals surface area (Å²) in [6, 6.07) is 8.15. The number of pyridine rings is 1. The molecule has 3 heterocycles. The number of nitrogen functional groups attached to an aromatic ring is 1. The fourth-order valence-electron chi connectivity index (χ4n) is 2.32. The van der Waals surface area contributed by atoms with E-state index in [2.05, 4.69) is 56.9 Å². The molecule has 0 saturated carbocycles. The topological polar surface area (TPSA) is 69.6 Å². The SMILES string of the molecule is CCC.Nc1nc2ccc(Cn3cnc4cc(Br)cnc43)cc2s1. The summed E-state index contributed by atoms with van der Waals surface area (Å²) in [5.41, 5.74) is 9.62. The predicted molar refractivity (Wildman–Crippen MR) is 104 cm³/mol. The minimum Gasteiger partial charge on any atom is -0.375 e. The number of nitrogens with zero attached hydrogens (tertiary/aromatic N) is 4. The van der Waals surface area contributed by atoms with Crippen molar-refractivity contribution in [1.29, 1.82) is 0 Å². The summed E-state index contributed by atoms with van der Waals surface area (Å²) in [7, 11) is 0. The molecule has 124 valence electrons. The normalized spacial score (nSPS) is 10.8. The Hall–Kier alpha value is -1.99. The second-order valence-electron chi connectivity index (χ2n) is 5.43. The largest absolute Gasteiger partial charge is 0.375 e.